The molecule has 4 nitrogen and oxygen atoms in total. The van der Waals surface area contributed by atoms with Gasteiger partial charge in [-0.3, -0.25) is 0 Å². The maximum Gasteiger partial charge on any atom is 0.451 e. The molecule has 0 aliphatic carbocycles. The van der Waals surface area contributed by atoms with Crippen LogP contribution in [0.1, 0.15) is 26.6 Å². The third-order valence-electron chi connectivity index (χ3n) is 2.35. The first-order valence-electron chi connectivity index (χ1n) is 5.33. The molecular weight excluding hydrogens is 265 g/mol. The first-order chi connectivity index (χ1) is 8.24. The summed E-state index contributed by atoms with van der Waals surface area (Å²) in [6.07, 6.45) is -4.58. The van der Waals surface area contributed by atoms with Crippen molar-refractivity contribution in [2.45, 2.75) is 37.2 Å². The number of hydrogen-bond donors (Lipinski definition) is 2. The maximum atomic E-state index is 12.6. The van der Waals surface area contributed by atoms with E-state index in [2.05, 4.69) is 15.4 Å². The molecule has 0 aliphatic heterocycles. The summed E-state index contributed by atoms with van der Waals surface area (Å²) in [5.74, 6) is 4.20. The van der Waals surface area contributed by atoms with E-state index in [4.69, 9.17) is 5.84 Å². The van der Waals surface area contributed by atoms with Crippen LogP contribution in [0.2, 0.25) is 0 Å². The first kappa shape index (κ1) is 15.0. The van der Waals surface area contributed by atoms with E-state index in [-0.39, 0.29) is 16.1 Å². The van der Waals surface area contributed by atoms with E-state index in [1.807, 2.05) is 20.8 Å². The molecule has 18 heavy (non-hydrogen) atoms. The first-order valence-corrected chi connectivity index (χ1v) is 6.21. The Morgan fingerprint density at radius 2 is 1.89 bits per heavy atom. The molecule has 0 amide bonds. The monoisotopic (exact) mass is 280 g/mol. The fourth-order valence-electron chi connectivity index (χ4n) is 1.01. The lowest BCUT2D eigenvalue weighted by Gasteiger charge is -2.15. The van der Waals surface area contributed by atoms with Crippen LogP contribution in [0.3, 0.4) is 0 Å². The van der Waals surface area contributed by atoms with Crippen molar-refractivity contribution in [2.24, 2.45) is 11.8 Å². The highest BCUT2D eigenvalue weighted by molar-refractivity contribution is 7.99. The molecule has 1 aromatic rings. The Hall–Kier alpha value is -1.02. The Labute approximate surface area is 108 Å². The number of nitrogen functional groups attached to an aromatic ring is 1. The Morgan fingerprint density at radius 3 is 2.33 bits per heavy atom. The summed E-state index contributed by atoms with van der Waals surface area (Å²) < 4.78 is 37.7. The Morgan fingerprint density at radius 1 is 1.28 bits per heavy atom. The van der Waals surface area contributed by atoms with Gasteiger partial charge in [0.1, 0.15) is 10.8 Å². The average Bonchev–Trinajstić information content (AvgIpc) is 2.27. The lowest BCUT2D eigenvalue weighted by atomic mass is 10.2. The minimum atomic E-state index is -4.58. The molecule has 0 aliphatic rings. The summed E-state index contributed by atoms with van der Waals surface area (Å²) in [5, 5.41) is 0.401. The predicted molar refractivity (Wildman–Crippen MR) is 65.0 cm³/mol. The second-order valence-electron chi connectivity index (χ2n) is 4.12. The molecule has 0 aromatic carbocycles. The Balaban J connectivity index is 3.05. The molecule has 102 valence electrons. The van der Waals surface area contributed by atoms with Gasteiger partial charge in [-0.05, 0) is 5.92 Å². The van der Waals surface area contributed by atoms with Gasteiger partial charge in [0.05, 0.1) is 0 Å². The zero-order chi connectivity index (χ0) is 13.9. The molecule has 0 saturated heterocycles. The molecule has 8 heteroatoms. The number of hydrazine groups is 1. The minimum Gasteiger partial charge on any atom is -0.308 e. The number of nitrogens with zero attached hydrogens (tertiary/aromatic N) is 2. The van der Waals surface area contributed by atoms with Crippen LogP contribution in [0.25, 0.3) is 0 Å². The van der Waals surface area contributed by atoms with E-state index in [9.17, 15) is 13.2 Å². The van der Waals surface area contributed by atoms with Gasteiger partial charge in [0, 0.05) is 11.3 Å². The van der Waals surface area contributed by atoms with E-state index >= 15 is 0 Å². The summed E-state index contributed by atoms with van der Waals surface area (Å²) >= 11 is 1.26. The van der Waals surface area contributed by atoms with E-state index in [1.54, 1.807) is 0 Å². The van der Waals surface area contributed by atoms with Gasteiger partial charge in [-0.25, -0.2) is 15.8 Å². The van der Waals surface area contributed by atoms with Crippen molar-refractivity contribution in [3.63, 3.8) is 0 Å². The molecule has 0 fully saturated rings. The summed E-state index contributed by atoms with van der Waals surface area (Å²) in [6.45, 7) is 5.91. The zero-order valence-corrected chi connectivity index (χ0v) is 11.1. The number of anilines is 1. The Bertz CT molecular complexity index is 409. The number of aromatic nitrogens is 2. The summed E-state index contributed by atoms with van der Waals surface area (Å²) in [7, 11) is 0. The number of halogens is 3. The summed E-state index contributed by atoms with van der Waals surface area (Å²) in [4.78, 5) is 6.80. The number of hydrogen-bond acceptors (Lipinski definition) is 5. The van der Waals surface area contributed by atoms with Gasteiger partial charge in [-0.2, -0.15) is 13.2 Å². The van der Waals surface area contributed by atoms with Crippen LogP contribution in [-0.4, -0.2) is 15.2 Å². The van der Waals surface area contributed by atoms with Gasteiger partial charge >= 0.3 is 6.18 Å². The second kappa shape index (κ2) is 5.75. The summed E-state index contributed by atoms with van der Waals surface area (Å²) in [6, 6.07) is 1.40. The van der Waals surface area contributed by atoms with Crippen molar-refractivity contribution < 1.29 is 13.2 Å². The van der Waals surface area contributed by atoms with Crippen LogP contribution in [0.5, 0.6) is 0 Å². The lowest BCUT2D eigenvalue weighted by Crippen LogP contribution is -2.16. The molecule has 0 radical (unpaired) electrons. The highest BCUT2D eigenvalue weighted by Gasteiger charge is 2.35. The van der Waals surface area contributed by atoms with Crippen molar-refractivity contribution in [1.29, 1.82) is 0 Å². The van der Waals surface area contributed by atoms with Crippen molar-refractivity contribution >= 4 is 17.6 Å². The van der Waals surface area contributed by atoms with Gasteiger partial charge in [-0.1, -0.05) is 20.8 Å². The molecule has 0 saturated carbocycles. The van der Waals surface area contributed by atoms with Crippen molar-refractivity contribution in [1.82, 2.24) is 9.97 Å². The Kier molecular flexibility index (Phi) is 4.80. The van der Waals surface area contributed by atoms with Crippen LogP contribution in [0.4, 0.5) is 19.0 Å². The largest absolute Gasteiger partial charge is 0.451 e. The number of nitrogens with two attached hydrogens (primary N) is 1. The predicted octanol–water partition coefficient (Wildman–Crippen LogP) is 2.92. The molecule has 3 N–H and O–H groups in total. The van der Waals surface area contributed by atoms with Gasteiger partial charge in [0.15, 0.2) is 0 Å². The van der Waals surface area contributed by atoms with Crippen LogP contribution in [0.15, 0.2) is 11.1 Å². The normalized spacial score (nSPS) is 13.8. The SMILES string of the molecule is CC(C)C(C)Sc1cc(NN)nc(C(F)(F)F)n1. The molecule has 1 atom stereocenters. The van der Waals surface area contributed by atoms with E-state index in [0.29, 0.717) is 5.92 Å². The standard InChI is InChI=1S/C10H15F3N4S/c1-5(2)6(3)18-8-4-7(17-14)15-9(16-8)10(11,12)13/h4-6H,14H2,1-3H3,(H,15,16,17). The fourth-order valence-corrected chi connectivity index (χ4v) is 1.98. The third-order valence-corrected chi connectivity index (χ3v) is 3.72. The number of rotatable bonds is 4. The molecule has 0 spiro atoms. The highest BCUT2D eigenvalue weighted by atomic mass is 32.2. The lowest BCUT2D eigenvalue weighted by molar-refractivity contribution is -0.145. The fraction of sp³-hybridized carbons (Fsp3) is 0.600. The van der Waals surface area contributed by atoms with E-state index in [0.717, 1.165) is 0 Å². The smallest absolute Gasteiger partial charge is 0.308 e. The topological polar surface area (TPSA) is 63.8 Å². The number of thioether (sulfide) groups is 1. The zero-order valence-electron chi connectivity index (χ0n) is 10.2. The highest BCUT2D eigenvalue weighted by Crippen LogP contribution is 2.32. The average molecular weight is 280 g/mol. The molecule has 1 rings (SSSR count). The van der Waals surface area contributed by atoms with E-state index in [1.165, 1.54) is 17.8 Å². The van der Waals surface area contributed by atoms with Crippen molar-refractivity contribution in [3.8, 4) is 0 Å². The summed E-state index contributed by atoms with van der Waals surface area (Å²) in [5.41, 5.74) is 2.12. The van der Waals surface area contributed by atoms with Gasteiger partial charge in [0.25, 0.3) is 0 Å². The van der Waals surface area contributed by atoms with Crippen LogP contribution in [-0.2, 0) is 6.18 Å². The molecule has 1 unspecified atom stereocenters. The minimum absolute atomic E-state index is 0.0456. The van der Waals surface area contributed by atoms with Gasteiger partial charge < -0.3 is 5.43 Å². The van der Waals surface area contributed by atoms with E-state index < -0.39 is 12.0 Å². The van der Waals surface area contributed by atoms with Gasteiger partial charge in [-0.15, -0.1) is 11.8 Å². The quantitative estimate of drug-likeness (QED) is 0.384. The molecule has 0 bridgehead atoms. The molecular formula is C10H15F3N4S. The van der Waals surface area contributed by atoms with Crippen LogP contribution < -0.4 is 11.3 Å². The third kappa shape index (κ3) is 4.02. The van der Waals surface area contributed by atoms with Crippen LogP contribution >= 0.6 is 11.8 Å². The van der Waals surface area contributed by atoms with Crippen LogP contribution in [0, 0.1) is 5.92 Å². The number of nitrogens with one attached hydrogen (secondary N) is 1. The van der Waals surface area contributed by atoms with Crippen molar-refractivity contribution in [3.05, 3.63) is 11.9 Å². The molecule has 1 heterocycles. The molecule has 1 aromatic heterocycles. The second-order valence-corrected chi connectivity index (χ2v) is 5.52. The van der Waals surface area contributed by atoms with Gasteiger partial charge in [0.2, 0.25) is 5.82 Å². The van der Waals surface area contributed by atoms with Crippen molar-refractivity contribution in [2.75, 3.05) is 5.43 Å². The number of alkyl halides is 3. The maximum absolute atomic E-state index is 12.6.